The van der Waals surface area contributed by atoms with Gasteiger partial charge in [-0.15, -0.1) is 0 Å². The molecule has 10 heteroatoms. The first kappa shape index (κ1) is 23.8. The minimum atomic E-state index is -0.283. The minimum Gasteiger partial charge on any atom is -0.454 e. The summed E-state index contributed by atoms with van der Waals surface area (Å²) >= 11 is 0. The number of carbonyl (C=O) groups excluding carboxylic acids is 1. The molecule has 0 fully saturated rings. The Morgan fingerprint density at radius 1 is 0.842 bits per heavy atom. The highest BCUT2D eigenvalue weighted by molar-refractivity contribution is 5.91. The van der Waals surface area contributed by atoms with Crippen molar-refractivity contribution in [2.24, 2.45) is 0 Å². The average molecular weight is 515 g/mol. The molecule has 0 saturated heterocycles. The third-order valence-electron chi connectivity index (χ3n) is 6.22. The lowest BCUT2D eigenvalue weighted by molar-refractivity contribution is 0.0949. The molecule has 10 nitrogen and oxygen atoms in total. The Balaban J connectivity index is 1.14. The molecule has 0 saturated carbocycles. The standard InChI is InChI=1S/C28H26N4O6/c33-28(30-10-8-21-3-1-2-9-29-21)22-16-34-27(31-22)15-32(13-19-4-6-23-25(11-19)37-17-35-23)14-20-5-7-24-26(12-20)38-18-36-24/h1-7,9,11-12,16H,8,10,13-15,17-18H2,(H,30,33). The van der Waals surface area contributed by atoms with Gasteiger partial charge in [-0.05, 0) is 47.5 Å². The van der Waals surface area contributed by atoms with Crippen LogP contribution in [-0.2, 0) is 26.1 Å². The van der Waals surface area contributed by atoms with E-state index in [1.807, 2.05) is 54.6 Å². The molecule has 0 aliphatic carbocycles. The first-order chi connectivity index (χ1) is 18.7. The maximum absolute atomic E-state index is 12.6. The van der Waals surface area contributed by atoms with E-state index in [-0.39, 0.29) is 25.2 Å². The molecule has 38 heavy (non-hydrogen) atoms. The summed E-state index contributed by atoms with van der Waals surface area (Å²) in [5, 5.41) is 2.87. The number of rotatable bonds is 10. The van der Waals surface area contributed by atoms with Gasteiger partial charge in [0.15, 0.2) is 28.7 Å². The van der Waals surface area contributed by atoms with E-state index in [1.54, 1.807) is 6.20 Å². The van der Waals surface area contributed by atoms with Crippen molar-refractivity contribution in [3.8, 4) is 23.0 Å². The topological polar surface area (TPSA) is 108 Å². The van der Waals surface area contributed by atoms with E-state index in [1.165, 1.54) is 6.26 Å². The van der Waals surface area contributed by atoms with Crippen molar-refractivity contribution in [1.29, 1.82) is 0 Å². The molecule has 6 rings (SSSR count). The number of aromatic nitrogens is 2. The number of ether oxygens (including phenoxy) is 4. The van der Waals surface area contributed by atoms with E-state index in [0.29, 0.717) is 38.5 Å². The van der Waals surface area contributed by atoms with Crippen molar-refractivity contribution < 1.29 is 28.2 Å². The molecule has 194 valence electrons. The highest BCUT2D eigenvalue weighted by Crippen LogP contribution is 2.34. The predicted molar refractivity (Wildman–Crippen MR) is 135 cm³/mol. The molecular formula is C28H26N4O6. The molecule has 2 aromatic heterocycles. The number of carbonyl (C=O) groups is 1. The van der Waals surface area contributed by atoms with Crippen molar-refractivity contribution in [3.63, 3.8) is 0 Å². The molecule has 2 aromatic carbocycles. The minimum absolute atomic E-state index is 0.225. The zero-order valence-corrected chi connectivity index (χ0v) is 20.6. The zero-order chi connectivity index (χ0) is 25.7. The van der Waals surface area contributed by atoms with Gasteiger partial charge in [0.25, 0.3) is 5.91 Å². The number of fused-ring (bicyclic) bond motifs is 2. The number of pyridine rings is 1. The normalized spacial score (nSPS) is 13.2. The van der Waals surface area contributed by atoms with E-state index in [0.717, 1.165) is 39.8 Å². The molecule has 0 spiro atoms. The lowest BCUT2D eigenvalue weighted by Gasteiger charge is -2.21. The molecule has 1 amide bonds. The molecule has 4 heterocycles. The molecule has 2 aliphatic heterocycles. The largest absolute Gasteiger partial charge is 0.454 e. The number of nitrogens with one attached hydrogen (secondary N) is 1. The van der Waals surface area contributed by atoms with Gasteiger partial charge in [-0.3, -0.25) is 14.7 Å². The summed E-state index contributed by atoms with van der Waals surface area (Å²) in [5.41, 5.74) is 3.26. The van der Waals surface area contributed by atoms with E-state index < -0.39 is 0 Å². The number of nitrogens with zero attached hydrogens (tertiary/aromatic N) is 3. The molecule has 1 N–H and O–H groups in total. The zero-order valence-electron chi connectivity index (χ0n) is 20.6. The fraction of sp³-hybridized carbons (Fsp3) is 0.250. The van der Waals surface area contributed by atoms with Crippen LogP contribution >= 0.6 is 0 Å². The van der Waals surface area contributed by atoms with Crippen molar-refractivity contribution >= 4 is 5.91 Å². The highest BCUT2D eigenvalue weighted by atomic mass is 16.7. The van der Waals surface area contributed by atoms with E-state index >= 15 is 0 Å². The Morgan fingerprint density at radius 2 is 1.53 bits per heavy atom. The SMILES string of the molecule is O=C(NCCc1ccccn1)c1coc(CN(Cc2ccc3c(c2)OCO3)Cc2ccc3c(c2)OCO3)n1. The molecule has 4 aromatic rings. The quantitative estimate of drug-likeness (QED) is 0.339. The molecule has 0 bridgehead atoms. The molecule has 0 atom stereocenters. The number of amides is 1. The van der Waals surface area contributed by atoms with Crippen LogP contribution in [0.2, 0.25) is 0 Å². The third kappa shape index (κ3) is 5.55. The van der Waals surface area contributed by atoms with Crippen LogP contribution in [0.25, 0.3) is 0 Å². The Bertz CT molecular complexity index is 1360. The predicted octanol–water partition coefficient (Wildman–Crippen LogP) is 3.70. The maximum atomic E-state index is 12.6. The van der Waals surface area contributed by atoms with Gasteiger partial charge in [0.1, 0.15) is 6.26 Å². The summed E-state index contributed by atoms with van der Waals surface area (Å²) in [6.45, 7) is 2.49. The number of hydrogen-bond acceptors (Lipinski definition) is 9. The van der Waals surface area contributed by atoms with Gasteiger partial charge in [-0.25, -0.2) is 4.98 Å². The van der Waals surface area contributed by atoms with E-state index in [9.17, 15) is 4.79 Å². The van der Waals surface area contributed by atoms with Crippen LogP contribution in [0.3, 0.4) is 0 Å². The van der Waals surface area contributed by atoms with Crippen LogP contribution in [-0.4, -0.2) is 40.9 Å². The first-order valence-electron chi connectivity index (χ1n) is 12.3. The van der Waals surface area contributed by atoms with Gasteiger partial charge in [0.2, 0.25) is 19.5 Å². The van der Waals surface area contributed by atoms with Crippen LogP contribution in [0.5, 0.6) is 23.0 Å². The highest BCUT2D eigenvalue weighted by Gasteiger charge is 2.20. The molecule has 0 unspecified atom stereocenters. The third-order valence-corrected chi connectivity index (χ3v) is 6.22. The molecule has 2 aliphatic rings. The van der Waals surface area contributed by atoms with Crippen LogP contribution in [0.1, 0.15) is 33.2 Å². The Hall–Kier alpha value is -4.57. The average Bonchev–Trinajstić information content (AvgIpc) is 3.70. The monoisotopic (exact) mass is 514 g/mol. The second kappa shape index (κ2) is 10.8. The van der Waals surface area contributed by atoms with Gasteiger partial charge in [-0.2, -0.15) is 0 Å². The maximum Gasteiger partial charge on any atom is 0.273 e. The summed E-state index contributed by atoms with van der Waals surface area (Å²) in [7, 11) is 0. The van der Waals surface area contributed by atoms with Crippen LogP contribution in [0.4, 0.5) is 0 Å². The van der Waals surface area contributed by atoms with Crippen molar-refractivity contribution in [2.45, 2.75) is 26.1 Å². The number of benzene rings is 2. The molecular weight excluding hydrogens is 488 g/mol. The van der Waals surface area contributed by atoms with Gasteiger partial charge >= 0.3 is 0 Å². The van der Waals surface area contributed by atoms with E-state index in [2.05, 4.69) is 20.2 Å². The second-order valence-corrected chi connectivity index (χ2v) is 8.97. The van der Waals surface area contributed by atoms with E-state index in [4.69, 9.17) is 23.4 Å². The Kier molecular flexibility index (Phi) is 6.77. The summed E-state index contributed by atoms with van der Waals surface area (Å²) in [6, 6.07) is 17.5. The summed E-state index contributed by atoms with van der Waals surface area (Å²) < 4.78 is 27.7. The summed E-state index contributed by atoms with van der Waals surface area (Å²) in [4.78, 5) is 23.5. The molecule has 0 radical (unpaired) electrons. The fourth-order valence-corrected chi connectivity index (χ4v) is 4.38. The number of hydrogen-bond donors (Lipinski definition) is 1. The second-order valence-electron chi connectivity index (χ2n) is 8.97. The summed E-state index contributed by atoms with van der Waals surface area (Å²) in [6.07, 6.45) is 3.76. The van der Waals surface area contributed by atoms with Crippen molar-refractivity contribution in [2.75, 3.05) is 20.1 Å². The van der Waals surface area contributed by atoms with Crippen molar-refractivity contribution in [3.05, 3.63) is 95.5 Å². The lowest BCUT2D eigenvalue weighted by Crippen LogP contribution is -2.26. The van der Waals surface area contributed by atoms with Crippen LogP contribution < -0.4 is 24.3 Å². The van der Waals surface area contributed by atoms with Gasteiger partial charge in [0.05, 0.1) is 6.54 Å². The van der Waals surface area contributed by atoms with Crippen molar-refractivity contribution in [1.82, 2.24) is 20.2 Å². The van der Waals surface area contributed by atoms with Crippen LogP contribution in [0, 0.1) is 0 Å². The summed E-state index contributed by atoms with van der Waals surface area (Å²) in [5.74, 6) is 3.10. The van der Waals surface area contributed by atoms with Gasteiger partial charge in [-0.1, -0.05) is 18.2 Å². The Morgan fingerprint density at radius 3 is 2.18 bits per heavy atom. The lowest BCUT2D eigenvalue weighted by atomic mass is 10.1. The first-order valence-corrected chi connectivity index (χ1v) is 12.3. The van der Waals surface area contributed by atoms with Crippen LogP contribution in [0.15, 0.2) is 71.5 Å². The fourth-order valence-electron chi connectivity index (χ4n) is 4.38. The Labute approximate surface area is 219 Å². The number of oxazole rings is 1. The smallest absolute Gasteiger partial charge is 0.273 e. The van der Waals surface area contributed by atoms with Gasteiger partial charge in [0, 0.05) is 37.9 Å². The van der Waals surface area contributed by atoms with Gasteiger partial charge < -0.3 is 28.7 Å².